The van der Waals surface area contributed by atoms with Gasteiger partial charge in [-0.15, -0.1) is 0 Å². The van der Waals surface area contributed by atoms with E-state index in [0.29, 0.717) is 12.6 Å². The highest BCUT2D eigenvalue weighted by molar-refractivity contribution is 5.81. The third-order valence-electron chi connectivity index (χ3n) is 4.33. The van der Waals surface area contributed by atoms with Gasteiger partial charge in [-0.1, -0.05) is 24.6 Å². The molecule has 6 heteroatoms. The van der Waals surface area contributed by atoms with Gasteiger partial charge in [0.15, 0.2) is 5.96 Å². The van der Waals surface area contributed by atoms with Gasteiger partial charge in [0.25, 0.3) is 0 Å². The molecule has 2 N–H and O–H groups in total. The zero-order valence-corrected chi connectivity index (χ0v) is 15.0. The number of hydrogen-bond donors (Lipinski definition) is 2. The standard InChI is InChI=1S/C18H28N4O2/c1-13-5-7-16(8-6-13)22-10-9-15(12-22)21-18(19-3)20-11-14(2)17(23)24-4/h5-8,14-15H,9-12H2,1-4H3,(H2,19,20,21). The lowest BCUT2D eigenvalue weighted by Crippen LogP contribution is -2.46. The number of nitrogens with zero attached hydrogens (tertiary/aromatic N) is 2. The molecule has 1 fully saturated rings. The number of anilines is 1. The number of hydrogen-bond acceptors (Lipinski definition) is 4. The average molecular weight is 332 g/mol. The van der Waals surface area contributed by atoms with E-state index in [1.165, 1.54) is 18.4 Å². The SMILES string of the molecule is CN=C(NCC(C)C(=O)OC)NC1CCN(c2ccc(C)cc2)C1. The number of nitrogens with one attached hydrogen (secondary N) is 2. The Morgan fingerprint density at radius 1 is 1.42 bits per heavy atom. The highest BCUT2D eigenvalue weighted by Crippen LogP contribution is 2.20. The van der Waals surface area contributed by atoms with Crippen LogP contribution in [0.5, 0.6) is 0 Å². The molecule has 6 nitrogen and oxygen atoms in total. The number of aliphatic imine (C=N–C) groups is 1. The monoisotopic (exact) mass is 332 g/mol. The van der Waals surface area contributed by atoms with E-state index in [-0.39, 0.29) is 11.9 Å². The Bertz CT molecular complexity index is 571. The summed E-state index contributed by atoms with van der Waals surface area (Å²) in [5.41, 5.74) is 2.53. The first-order chi connectivity index (χ1) is 11.5. The van der Waals surface area contributed by atoms with Gasteiger partial charge >= 0.3 is 5.97 Å². The van der Waals surface area contributed by atoms with Crippen molar-refractivity contribution in [2.45, 2.75) is 26.3 Å². The predicted molar refractivity (Wildman–Crippen MR) is 97.5 cm³/mol. The molecular weight excluding hydrogens is 304 g/mol. The van der Waals surface area contributed by atoms with Crippen molar-refractivity contribution in [2.24, 2.45) is 10.9 Å². The first-order valence-electron chi connectivity index (χ1n) is 8.40. The van der Waals surface area contributed by atoms with Gasteiger partial charge in [0.05, 0.1) is 13.0 Å². The molecule has 1 heterocycles. The van der Waals surface area contributed by atoms with E-state index in [0.717, 1.165) is 25.5 Å². The molecule has 132 valence electrons. The molecule has 1 saturated heterocycles. The Morgan fingerprint density at radius 2 is 2.12 bits per heavy atom. The maximum absolute atomic E-state index is 11.5. The maximum Gasteiger partial charge on any atom is 0.310 e. The molecule has 2 rings (SSSR count). The number of carbonyl (C=O) groups excluding carboxylic acids is 1. The zero-order chi connectivity index (χ0) is 17.5. The van der Waals surface area contributed by atoms with Crippen molar-refractivity contribution in [2.75, 3.05) is 38.7 Å². The molecule has 0 spiro atoms. The van der Waals surface area contributed by atoms with Crippen LogP contribution in [0.2, 0.25) is 0 Å². The summed E-state index contributed by atoms with van der Waals surface area (Å²) in [4.78, 5) is 18.1. The molecule has 0 bridgehead atoms. The minimum absolute atomic E-state index is 0.207. The van der Waals surface area contributed by atoms with E-state index >= 15 is 0 Å². The average Bonchev–Trinajstić information content (AvgIpc) is 3.06. The van der Waals surface area contributed by atoms with Crippen molar-refractivity contribution in [3.63, 3.8) is 0 Å². The van der Waals surface area contributed by atoms with Gasteiger partial charge in [0, 0.05) is 38.4 Å². The number of guanidine groups is 1. The predicted octanol–water partition coefficient (Wildman–Crippen LogP) is 1.55. The number of rotatable bonds is 5. The molecule has 0 amide bonds. The summed E-state index contributed by atoms with van der Waals surface area (Å²) in [6.45, 7) is 6.40. The first kappa shape index (κ1) is 18.1. The number of ether oxygens (including phenoxy) is 1. The first-order valence-corrected chi connectivity index (χ1v) is 8.40. The van der Waals surface area contributed by atoms with Crippen LogP contribution in [-0.2, 0) is 9.53 Å². The van der Waals surface area contributed by atoms with Gasteiger partial charge in [-0.05, 0) is 25.5 Å². The highest BCUT2D eigenvalue weighted by atomic mass is 16.5. The summed E-state index contributed by atoms with van der Waals surface area (Å²) in [6.07, 6.45) is 1.06. The van der Waals surface area contributed by atoms with Gasteiger partial charge in [0.2, 0.25) is 0 Å². The Kier molecular flexibility index (Phi) is 6.46. The van der Waals surface area contributed by atoms with E-state index in [2.05, 4.69) is 51.7 Å². The summed E-state index contributed by atoms with van der Waals surface area (Å²) in [5, 5.41) is 6.63. The Balaban J connectivity index is 1.82. The van der Waals surface area contributed by atoms with Crippen molar-refractivity contribution in [3.8, 4) is 0 Å². The topological polar surface area (TPSA) is 66.0 Å². The molecule has 2 unspecified atom stereocenters. The zero-order valence-electron chi connectivity index (χ0n) is 15.0. The minimum atomic E-state index is -0.218. The van der Waals surface area contributed by atoms with Crippen LogP contribution >= 0.6 is 0 Å². The number of carbonyl (C=O) groups is 1. The fourth-order valence-electron chi connectivity index (χ4n) is 2.79. The fourth-order valence-corrected chi connectivity index (χ4v) is 2.79. The molecule has 0 radical (unpaired) electrons. The Hall–Kier alpha value is -2.24. The van der Waals surface area contributed by atoms with Crippen molar-refractivity contribution in [1.82, 2.24) is 10.6 Å². The normalized spacial score (nSPS) is 19.1. The summed E-state index contributed by atoms with van der Waals surface area (Å²) in [6, 6.07) is 8.97. The molecular formula is C18H28N4O2. The molecule has 1 aromatic rings. The van der Waals surface area contributed by atoms with Gasteiger partial charge < -0.3 is 20.3 Å². The van der Waals surface area contributed by atoms with Crippen molar-refractivity contribution in [1.29, 1.82) is 0 Å². The number of benzene rings is 1. The summed E-state index contributed by atoms with van der Waals surface area (Å²) in [7, 11) is 3.15. The fraction of sp³-hybridized carbons (Fsp3) is 0.556. The van der Waals surface area contributed by atoms with E-state index in [1.54, 1.807) is 7.05 Å². The van der Waals surface area contributed by atoms with E-state index in [1.807, 2.05) is 6.92 Å². The largest absolute Gasteiger partial charge is 0.469 e. The Morgan fingerprint density at radius 3 is 2.75 bits per heavy atom. The summed E-state index contributed by atoms with van der Waals surface area (Å²) >= 11 is 0. The second-order valence-corrected chi connectivity index (χ2v) is 6.29. The summed E-state index contributed by atoms with van der Waals surface area (Å²) < 4.78 is 4.74. The Labute approximate surface area is 144 Å². The second kappa shape index (κ2) is 8.57. The van der Waals surface area contributed by atoms with Crippen LogP contribution in [-0.4, -0.2) is 51.8 Å². The minimum Gasteiger partial charge on any atom is -0.469 e. The highest BCUT2D eigenvalue weighted by Gasteiger charge is 2.23. The lowest BCUT2D eigenvalue weighted by molar-refractivity contribution is -0.144. The molecule has 1 aliphatic rings. The van der Waals surface area contributed by atoms with Gasteiger partial charge in [-0.3, -0.25) is 9.79 Å². The molecule has 0 aliphatic carbocycles. The van der Waals surface area contributed by atoms with E-state index in [9.17, 15) is 4.79 Å². The maximum atomic E-state index is 11.5. The van der Waals surface area contributed by atoms with Crippen molar-refractivity contribution in [3.05, 3.63) is 29.8 Å². The second-order valence-electron chi connectivity index (χ2n) is 6.29. The van der Waals surface area contributed by atoms with E-state index in [4.69, 9.17) is 4.74 Å². The molecule has 1 aliphatic heterocycles. The molecule has 2 atom stereocenters. The van der Waals surface area contributed by atoms with Gasteiger partial charge in [-0.2, -0.15) is 0 Å². The van der Waals surface area contributed by atoms with E-state index < -0.39 is 0 Å². The molecule has 1 aromatic carbocycles. The van der Waals surface area contributed by atoms with Crippen molar-refractivity contribution >= 4 is 17.6 Å². The molecule has 24 heavy (non-hydrogen) atoms. The van der Waals surface area contributed by atoms with Crippen LogP contribution in [0.1, 0.15) is 18.9 Å². The van der Waals surface area contributed by atoms with Gasteiger partial charge in [0.1, 0.15) is 0 Å². The third-order valence-corrected chi connectivity index (χ3v) is 4.33. The van der Waals surface area contributed by atoms with Crippen LogP contribution in [0.15, 0.2) is 29.3 Å². The number of esters is 1. The third kappa shape index (κ3) is 4.88. The number of methoxy groups -OCH3 is 1. The lowest BCUT2D eigenvalue weighted by Gasteiger charge is -2.21. The van der Waals surface area contributed by atoms with Crippen LogP contribution < -0.4 is 15.5 Å². The summed E-state index contributed by atoms with van der Waals surface area (Å²) in [5.74, 6) is 0.298. The van der Waals surface area contributed by atoms with Crippen LogP contribution in [0, 0.1) is 12.8 Å². The van der Waals surface area contributed by atoms with Crippen LogP contribution in [0.25, 0.3) is 0 Å². The quantitative estimate of drug-likeness (QED) is 0.486. The number of aryl methyl sites for hydroxylation is 1. The molecule has 0 aromatic heterocycles. The smallest absolute Gasteiger partial charge is 0.310 e. The van der Waals surface area contributed by atoms with Crippen molar-refractivity contribution < 1.29 is 9.53 Å². The molecule has 0 saturated carbocycles. The van der Waals surface area contributed by atoms with Crippen LogP contribution in [0.4, 0.5) is 5.69 Å². The van der Waals surface area contributed by atoms with Crippen LogP contribution in [0.3, 0.4) is 0 Å². The van der Waals surface area contributed by atoms with Gasteiger partial charge in [-0.25, -0.2) is 0 Å². The lowest BCUT2D eigenvalue weighted by atomic mass is 10.2.